The molecule has 13 heteroatoms. The van der Waals surface area contributed by atoms with Crippen molar-refractivity contribution in [2.24, 2.45) is 0 Å². The fourth-order valence-corrected chi connectivity index (χ4v) is 3.98. The van der Waals surface area contributed by atoms with Crippen LogP contribution in [0.2, 0.25) is 0 Å². The molecule has 1 fully saturated rings. The third-order valence-electron chi connectivity index (χ3n) is 4.74. The third kappa shape index (κ3) is 5.21. The Morgan fingerprint density at radius 2 is 1.65 bits per heavy atom. The molecule has 31 heavy (non-hydrogen) atoms. The number of aromatic nitrogens is 4. The van der Waals surface area contributed by atoms with Gasteiger partial charge in [-0.25, -0.2) is 0 Å². The Morgan fingerprint density at radius 3 is 2.32 bits per heavy atom. The molecular weight excluding hydrogens is 446 g/mol. The molecule has 3 aromatic rings. The zero-order valence-electron chi connectivity index (χ0n) is 15.9. The number of alkyl halides is 6. The van der Waals surface area contributed by atoms with Gasteiger partial charge in [0, 0.05) is 37.6 Å². The molecule has 0 amide bonds. The number of nitrogens with zero attached hydrogens (tertiary/aromatic N) is 6. The van der Waals surface area contributed by atoms with Crippen LogP contribution in [0.4, 0.5) is 32.2 Å². The number of thioether (sulfide) groups is 1. The summed E-state index contributed by atoms with van der Waals surface area (Å²) < 4.78 is 77.6. The van der Waals surface area contributed by atoms with E-state index in [4.69, 9.17) is 0 Å². The highest BCUT2D eigenvalue weighted by Gasteiger charge is 2.38. The van der Waals surface area contributed by atoms with Crippen molar-refractivity contribution in [3.8, 4) is 0 Å². The highest BCUT2D eigenvalue weighted by Crippen LogP contribution is 2.37. The van der Waals surface area contributed by atoms with Crippen LogP contribution in [-0.4, -0.2) is 56.4 Å². The van der Waals surface area contributed by atoms with Crippen molar-refractivity contribution in [2.45, 2.75) is 23.1 Å². The highest BCUT2D eigenvalue weighted by atomic mass is 32.2. The van der Waals surface area contributed by atoms with Crippen molar-refractivity contribution in [1.29, 1.82) is 0 Å². The molecule has 0 radical (unpaired) electrons. The molecule has 0 atom stereocenters. The van der Waals surface area contributed by atoms with E-state index in [-0.39, 0.29) is 22.3 Å². The predicted octanol–water partition coefficient (Wildman–Crippen LogP) is 4.08. The Hall–Kier alpha value is -2.54. The molecule has 1 aromatic carbocycles. The van der Waals surface area contributed by atoms with Crippen LogP contribution in [0.25, 0.3) is 5.65 Å². The summed E-state index contributed by atoms with van der Waals surface area (Å²) in [5.74, 6) is -0.805. The molecule has 166 valence electrons. The third-order valence-corrected chi connectivity index (χ3v) is 5.46. The number of halogens is 6. The number of piperazine rings is 1. The second-order valence-electron chi connectivity index (χ2n) is 6.94. The first kappa shape index (κ1) is 21.7. The van der Waals surface area contributed by atoms with Crippen LogP contribution in [0.15, 0.2) is 41.3 Å². The Balaban J connectivity index is 1.41. The molecule has 6 nitrogen and oxygen atoms in total. The largest absolute Gasteiger partial charge is 0.453 e. The number of anilines is 1. The van der Waals surface area contributed by atoms with E-state index < -0.39 is 17.5 Å². The van der Waals surface area contributed by atoms with Crippen molar-refractivity contribution < 1.29 is 26.3 Å². The maximum absolute atomic E-state index is 13.1. The maximum Gasteiger partial charge on any atom is 0.453 e. The Morgan fingerprint density at radius 1 is 0.903 bits per heavy atom. The minimum absolute atomic E-state index is 0.00585. The van der Waals surface area contributed by atoms with Gasteiger partial charge in [-0.3, -0.25) is 4.90 Å². The van der Waals surface area contributed by atoms with E-state index in [0.717, 1.165) is 5.56 Å². The number of rotatable bonds is 4. The van der Waals surface area contributed by atoms with Gasteiger partial charge < -0.3 is 4.90 Å². The van der Waals surface area contributed by atoms with E-state index in [1.807, 2.05) is 4.90 Å². The topological polar surface area (TPSA) is 49.6 Å². The summed E-state index contributed by atoms with van der Waals surface area (Å²) in [7, 11) is 0. The van der Waals surface area contributed by atoms with Gasteiger partial charge in [0.15, 0.2) is 5.65 Å². The molecule has 1 aliphatic heterocycles. The van der Waals surface area contributed by atoms with Crippen molar-refractivity contribution in [1.82, 2.24) is 24.7 Å². The molecule has 4 rings (SSSR count). The quantitative estimate of drug-likeness (QED) is 0.430. The summed E-state index contributed by atoms with van der Waals surface area (Å²) >= 11 is -0.149. The molecule has 0 bridgehead atoms. The van der Waals surface area contributed by atoms with Crippen LogP contribution < -0.4 is 4.90 Å². The van der Waals surface area contributed by atoms with Gasteiger partial charge in [-0.15, -0.1) is 15.3 Å². The van der Waals surface area contributed by atoms with E-state index in [2.05, 4.69) is 20.2 Å². The monoisotopic (exact) mass is 462 g/mol. The molecule has 0 N–H and O–H groups in total. The van der Waals surface area contributed by atoms with Crippen molar-refractivity contribution in [3.05, 3.63) is 47.8 Å². The minimum atomic E-state index is -4.66. The average Bonchev–Trinajstić information content (AvgIpc) is 3.11. The fraction of sp³-hybridized carbons (Fsp3) is 0.389. The van der Waals surface area contributed by atoms with Crippen molar-refractivity contribution >= 4 is 23.2 Å². The second-order valence-corrected chi connectivity index (χ2v) is 8.08. The second kappa shape index (κ2) is 8.19. The van der Waals surface area contributed by atoms with Crippen LogP contribution in [0, 0.1) is 0 Å². The summed E-state index contributed by atoms with van der Waals surface area (Å²) in [5, 5.41) is 10.7. The molecule has 0 unspecified atom stereocenters. The van der Waals surface area contributed by atoms with Gasteiger partial charge in [0.05, 0.1) is 0 Å². The first-order valence-electron chi connectivity index (χ1n) is 9.20. The van der Waals surface area contributed by atoms with Gasteiger partial charge >= 0.3 is 11.7 Å². The number of benzene rings is 1. The molecule has 0 saturated carbocycles. The minimum Gasteiger partial charge on any atom is -0.353 e. The smallest absolute Gasteiger partial charge is 0.353 e. The van der Waals surface area contributed by atoms with Crippen LogP contribution in [0.5, 0.6) is 0 Å². The Kier molecular flexibility index (Phi) is 5.73. The summed E-state index contributed by atoms with van der Waals surface area (Å²) in [4.78, 5) is 4.06. The van der Waals surface area contributed by atoms with Gasteiger partial charge in [-0.05, 0) is 41.6 Å². The number of fused-ring (bicyclic) bond motifs is 1. The van der Waals surface area contributed by atoms with Crippen LogP contribution in [0.3, 0.4) is 0 Å². The molecule has 0 spiro atoms. The van der Waals surface area contributed by atoms with E-state index in [0.29, 0.717) is 43.1 Å². The Labute approximate surface area is 176 Å². The zero-order chi connectivity index (χ0) is 22.2. The molecule has 0 aliphatic carbocycles. The van der Waals surface area contributed by atoms with Crippen LogP contribution in [0.1, 0.15) is 11.4 Å². The van der Waals surface area contributed by atoms with Gasteiger partial charge in [0.1, 0.15) is 5.82 Å². The first-order chi connectivity index (χ1) is 14.6. The molecule has 3 heterocycles. The zero-order valence-corrected chi connectivity index (χ0v) is 16.7. The lowest BCUT2D eigenvalue weighted by molar-refractivity contribution is -0.146. The van der Waals surface area contributed by atoms with Gasteiger partial charge in [0.25, 0.3) is 5.82 Å². The summed E-state index contributed by atoms with van der Waals surface area (Å²) in [6.45, 7) is 2.68. The number of hydrogen-bond donors (Lipinski definition) is 0. The fourth-order valence-electron chi connectivity index (χ4n) is 3.36. The summed E-state index contributed by atoms with van der Waals surface area (Å²) in [6.07, 6.45) is -4.66. The van der Waals surface area contributed by atoms with Crippen molar-refractivity contribution in [3.63, 3.8) is 0 Å². The van der Waals surface area contributed by atoms with E-state index in [1.165, 1.54) is 18.2 Å². The summed E-state index contributed by atoms with van der Waals surface area (Å²) in [5.41, 5.74) is -3.57. The first-order valence-corrected chi connectivity index (χ1v) is 10.0. The van der Waals surface area contributed by atoms with Gasteiger partial charge in [-0.2, -0.15) is 30.9 Å². The van der Waals surface area contributed by atoms with Crippen LogP contribution >= 0.6 is 11.8 Å². The number of hydrogen-bond acceptors (Lipinski definition) is 6. The van der Waals surface area contributed by atoms with Crippen LogP contribution in [-0.2, 0) is 12.7 Å². The Bertz CT molecular complexity index is 1060. The molecule has 1 saturated heterocycles. The highest BCUT2D eigenvalue weighted by molar-refractivity contribution is 8.00. The molecular formula is C18H16F6N6S. The SMILES string of the molecule is FC(F)(F)Sc1cccc(CN2CCN(c3ccc4nnc(C(F)(F)F)n4n3)CC2)c1. The van der Waals surface area contributed by atoms with E-state index in [1.54, 1.807) is 18.2 Å². The maximum atomic E-state index is 13.1. The lowest BCUT2D eigenvalue weighted by Crippen LogP contribution is -2.46. The van der Waals surface area contributed by atoms with E-state index in [9.17, 15) is 26.3 Å². The standard InChI is InChI=1S/C18H16F6N6S/c19-17(20,21)16-26-25-14-4-5-15(27-30(14)16)29-8-6-28(7-9-29)11-12-2-1-3-13(10-12)31-18(22,23)24/h1-5,10H,6-9,11H2. The van der Waals surface area contributed by atoms with Gasteiger partial charge in [0.2, 0.25) is 0 Å². The average molecular weight is 462 g/mol. The van der Waals surface area contributed by atoms with Gasteiger partial charge in [-0.1, -0.05) is 12.1 Å². The summed E-state index contributed by atoms with van der Waals surface area (Å²) in [6, 6.07) is 9.33. The van der Waals surface area contributed by atoms with E-state index >= 15 is 0 Å². The lowest BCUT2D eigenvalue weighted by Gasteiger charge is -2.35. The lowest BCUT2D eigenvalue weighted by atomic mass is 10.2. The predicted molar refractivity (Wildman–Crippen MR) is 102 cm³/mol. The molecule has 2 aromatic heterocycles. The van der Waals surface area contributed by atoms with Crippen molar-refractivity contribution in [2.75, 3.05) is 31.1 Å². The normalized spacial score (nSPS) is 16.3. The molecule has 1 aliphatic rings.